The summed E-state index contributed by atoms with van der Waals surface area (Å²) in [5.74, 6) is -0.0230. The zero-order valence-corrected chi connectivity index (χ0v) is 15.3. The molecule has 2 aromatic heterocycles. The fraction of sp³-hybridized carbons (Fsp3) is 0.381. The first-order chi connectivity index (χ1) is 12.6. The Morgan fingerprint density at radius 2 is 2.00 bits per heavy atom. The molecule has 1 aromatic carbocycles. The maximum atomic E-state index is 13.5. The molecular weight excluding hydrogens is 358 g/mol. The van der Waals surface area contributed by atoms with E-state index < -0.39 is 10.8 Å². The van der Waals surface area contributed by atoms with E-state index in [9.17, 15) is 9.00 Å². The normalized spacial score (nSPS) is 24.3. The van der Waals surface area contributed by atoms with Gasteiger partial charge in [-0.1, -0.05) is 51.1 Å². The molecule has 2 bridgehead atoms. The van der Waals surface area contributed by atoms with Gasteiger partial charge in [0.25, 0.3) is 5.56 Å². The van der Waals surface area contributed by atoms with Crippen molar-refractivity contribution in [1.82, 2.24) is 14.5 Å². The Balaban J connectivity index is 0.00000180. The first-order valence-corrected chi connectivity index (χ1v) is 10.2. The lowest BCUT2D eigenvalue weighted by atomic mass is 9.93. The highest BCUT2D eigenvalue weighted by molar-refractivity contribution is 7.85. The van der Waals surface area contributed by atoms with Crippen LogP contribution in [-0.4, -0.2) is 24.0 Å². The molecule has 4 unspecified atom stereocenters. The van der Waals surface area contributed by atoms with Crippen LogP contribution in [0.2, 0.25) is 0 Å². The van der Waals surface area contributed by atoms with Crippen LogP contribution in [0.1, 0.15) is 56.7 Å². The molecule has 1 saturated carbocycles. The SMILES string of the molecule is C.CC(c1ccccc1)c1cc2cnc3nc2n(c1=O)C1CCCC1S3=O. The molecule has 0 radical (unpaired) electrons. The third kappa shape index (κ3) is 2.65. The fourth-order valence-electron chi connectivity index (χ4n) is 4.35. The van der Waals surface area contributed by atoms with Crippen LogP contribution in [0.4, 0.5) is 0 Å². The number of benzene rings is 1. The van der Waals surface area contributed by atoms with Crippen molar-refractivity contribution < 1.29 is 4.21 Å². The summed E-state index contributed by atoms with van der Waals surface area (Å²) in [5.41, 5.74) is 2.48. The Kier molecular flexibility index (Phi) is 4.46. The van der Waals surface area contributed by atoms with Crippen LogP contribution >= 0.6 is 0 Å². The highest BCUT2D eigenvalue weighted by atomic mass is 32.2. The fourth-order valence-corrected chi connectivity index (χ4v) is 5.88. The number of hydrogen-bond acceptors (Lipinski definition) is 4. The number of fused-ring (bicyclic) bond motifs is 3. The number of rotatable bonds is 2. The average Bonchev–Trinajstić information content (AvgIpc) is 3.12. The van der Waals surface area contributed by atoms with Gasteiger partial charge in [0, 0.05) is 23.1 Å². The molecule has 1 fully saturated rings. The lowest BCUT2D eigenvalue weighted by Gasteiger charge is -2.21. The molecule has 0 N–H and O–H groups in total. The van der Waals surface area contributed by atoms with Crippen LogP contribution in [0, 0.1) is 0 Å². The topological polar surface area (TPSA) is 64.8 Å². The van der Waals surface area contributed by atoms with Crippen molar-refractivity contribution in [3.05, 3.63) is 64.1 Å². The molecule has 140 valence electrons. The van der Waals surface area contributed by atoms with E-state index in [1.807, 2.05) is 41.0 Å². The van der Waals surface area contributed by atoms with E-state index in [0.717, 1.165) is 35.8 Å². The number of nitrogens with zero attached hydrogens (tertiary/aromatic N) is 3. The summed E-state index contributed by atoms with van der Waals surface area (Å²) < 4.78 is 14.7. The van der Waals surface area contributed by atoms with Crippen molar-refractivity contribution in [2.45, 2.75) is 56.0 Å². The van der Waals surface area contributed by atoms with Crippen LogP contribution in [-0.2, 0) is 10.8 Å². The predicted octanol–water partition coefficient (Wildman–Crippen LogP) is 3.79. The second-order valence-corrected chi connectivity index (χ2v) is 8.74. The summed E-state index contributed by atoms with van der Waals surface area (Å²) in [6.07, 6.45) is 4.42. The second kappa shape index (κ2) is 6.68. The third-order valence-corrected chi connectivity index (χ3v) is 7.41. The Bertz CT molecular complexity index is 1090. The summed E-state index contributed by atoms with van der Waals surface area (Å²) in [6, 6.07) is 11.9. The average molecular weight is 382 g/mol. The van der Waals surface area contributed by atoms with E-state index in [1.165, 1.54) is 0 Å². The zero-order valence-electron chi connectivity index (χ0n) is 14.5. The van der Waals surface area contributed by atoms with E-state index in [0.29, 0.717) is 10.8 Å². The highest BCUT2D eigenvalue weighted by Gasteiger charge is 2.39. The minimum atomic E-state index is -1.25. The first kappa shape index (κ1) is 18.0. The molecule has 4 atom stereocenters. The van der Waals surface area contributed by atoms with Gasteiger partial charge < -0.3 is 0 Å². The summed E-state index contributed by atoms with van der Waals surface area (Å²) in [5, 5.41) is 1.14. The summed E-state index contributed by atoms with van der Waals surface area (Å²) in [6.45, 7) is 2.06. The summed E-state index contributed by atoms with van der Waals surface area (Å²) >= 11 is 0. The van der Waals surface area contributed by atoms with Crippen LogP contribution < -0.4 is 5.56 Å². The maximum Gasteiger partial charge on any atom is 0.256 e. The summed E-state index contributed by atoms with van der Waals surface area (Å²) in [4.78, 5) is 22.3. The third-order valence-electron chi connectivity index (χ3n) is 5.75. The molecule has 5 nitrogen and oxygen atoms in total. The molecule has 27 heavy (non-hydrogen) atoms. The van der Waals surface area contributed by atoms with Gasteiger partial charge in [-0.25, -0.2) is 9.97 Å². The van der Waals surface area contributed by atoms with Crippen molar-refractivity contribution in [2.24, 2.45) is 0 Å². The van der Waals surface area contributed by atoms with Crippen molar-refractivity contribution in [1.29, 1.82) is 0 Å². The van der Waals surface area contributed by atoms with Crippen LogP contribution in [0.3, 0.4) is 0 Å². The van der Waals surface area contributed by atoms with Gasteiger partial charge in [-0.05, 0) is 24.5 Å². The van der Waals surface area contributed by atoms with Gasteiger partial charge in [0.15, 0.2) is 0 Å². The molecule has 1 aliphatic heterocycles. The molecule has 0 saturated heterocycles. The lowest BCUT2D eigenvalue weighted by molar-refractivity contribution is 0.516. The standard InChI is InChI=1S/C20H19N3O2S.CH4/c1-12(13-6-3-2-4-7-13)15-10-14-11-21-20-22-18(14)23(19(15)24)16-8-5-9-17(16)26(20)25;/h2-4,6-7,10-12,16-17H,5,8-9H2,1H3;1H4. The highest BCUT2D eigenvalue weighted by Crippen LogP contribution is 2.38. The quantitative estimate of drug-likeness (QED) is 0.634. The van der Waals surface area contributed by atoms with Gasteiger partial charge in [-0.2, -0.15) is 0 Å². The minimum absolute atomic E-state index is 0. The molecule has 0 amide bonds. The smallest absolute Gasteiger partial charge is 0.256 e. The van der Waals surface area contributed by atoms with Gasteiger partial charge >= 0.3 is 0 Å². The van der Waals surface area contributed by atoms with Gasteiger partial charge in [0.05, 0.1) is 22.1 Å². The molecule has 0 spiro atoms. The van der Waals surface area contributed by atoms with E-state index in [4.69, 9.17) is 0 Å². The minimum Gasteiger partial charge on any atom is -0.288 e. The lowest BCUT2D eigenvalue weighted by Crippen LogP contribution is -2.32. The van der Waals surface area contributed by atoms with Gasteiger partial charge in [-0.15, -0.1) is 0 Å². The Morgan fingerprint density at radius 3 is 2.78 bits per heavy atom. The number of aromatic nitrogens is 3. The molecule has 6 heteroatoms. The van der Waals surface area contributed by atoms with E-state index in [-0.39, 0.29) is 30.2 Å². The number of hydrogen-bond donors (Lipinski definition) is 0. The van der Waals surface area contributed by atoms with Crippen molar-refractivity contribution in [2.75, 3.05) is 0 Å². The van der Waals surface area contributed by atoms with Crippen LogP contribution in [0.25, 0.3) is 11.0 Å². The Hall–Kier alpha value is -2.34. The van der Waals surface area contributed by atoms with Crippen LogP contribution in [0.15, 0.2) is 52.5 Å². The van der Waals surface area contributed by atoms with Crippen LogP contribution in [0.5, 0.6) is 0 Å². The molecule has 3 aromatic rings. The molecule has 2 aliphatic rings. The van der Waals surface area contributed by atoms with Crippen molar-refractivity contribution in [3.8, 4) is 0 Å². The van der Waals surface area contributed by atoms with Crippen molar-refractivity contribution >= 4 is 21.8 Å². The molecule has 3 heterocycles. The molecule has 5 rings (SSSR count). The maximum absolute atomic E-state index is 13.5. The molecule has 1 aliphatic carbocycles. The summed E-state index contributed by atoms with van der Waals surface area (Å²) in [7, 11) is -1.25. The van der Waals surface area contributed by atoms with E-state index >= 15 is 0 Å². The number of pyridine rings is 1. The predicted molar refractivity (Wildman–Crippen MR) is 108 cm³/mol. The van der Waals surface area contributed by atoms with Gasteiger partial charge in [0.1, 0.15) is 5.65 Å². The Labute approximate surface area is 160 Å². The van der Waals surface area contributed by atoms with Gasteiger partial charge in [0.2, 0.25) is 5.16 Å². The monoisotopic (exact) mass is 381 g/mol. The second-order valence-electron chi connectivity index (χ2n) is 7.17. The van der Waals surface area contributed by atoms with Crippen molar-refractivity contribution in [3.63, 3.8) is 0 Å². The van der Waals surface area contributed by atoms with E-state index in [2.05, 4.69) is 16.9 Å². The van der Waals surface area contributed by atoms with Gasteiger partial charge in [-0.3, -0.25) is 13.6 Å². The largest absolute Gasteiger partial charge is 0.288 e. The Morgan fingerprint density at radius 1 is 1.22 bits per heavy atom. The molecular formula is C21H23N3O2S. The zero-order chi connectivity index (χ0) is 17.8. The van der Waals surface area contributed by atoms with E-state index in [1.54, 1.807) is 6.20 Å². The first-order valence-electron chi connectivity index (χ1n) is 9.03.